The summed E-state index contributed by atoms with van der Waals surface area (Å²) in [4.78, 5) is 39.6. The molecule has 0 unspecified atom stereocenters. The van der Waals surface area contributed by atoms with Crippen LogP contribution in [0.25, 0.3) is 12.2 Å². The third-order valence-corrected chi connectivity index (χ3v) is 5.73. The second-order valence-electron chi connectivity index (χ2n) is 6.61. The van der Waals surface area contributed by atoms with Gasteiger partial charge < -0.3 is 19.1 Å². The molecule has 1 amide bonds. The highest BCUT2D eigenvalue weighted by atomic mass is 32.1. The number of hydrogen-bond donors (Lipinski definition) is 0. The zero-order valence-electron chi connectivity index (χ0n) is 19.2. The number of ether oxygens (including phenoxy) is 3. The van der Waals surface area contributed by atoms with Gasteiger partial charge in [0.15, 0.2) is 11.5 Å². The van der Waals surface area contributed by atoms with Gasteiger partial charge in [-0.3, -0.25) is 14.2 Å². The summed E-state index contributed by atoms with van der Waals surface area (Å²) in [5, 5.41) is 0. The smallest absolute Gasteiger partial charge is 0.333 e. The number of aromatic nitrogens is 1. The quantitative estimate of drug-likeness (QED) is 0.496. The Bertz CT molecular complexity index is 1110. The Morgan fingerprint density at radius 2 is 1.84 bits per heavy atom. The molecule has 0 fully saturated rings. The third-order valence-electron chi connectivity index (χ3n) is 4.67. The summed E-state index contributed by atoms with van der Waals surface area (Å²) in [6, 6.07) is 5.40. The van der Waals surface area contributed by atoms with Crippen LogP contribution in [0.1, 0.15) is 33.3 Å². The predicted octanol–water partition coefficient (Wildman–Crippen LogP) is 1.36. The van der Waals surface area contributed by atoms with Crippen molar-refractivity contribution in [1.82, 2.24) is 9.47 Å². The van der Waals surface area contributed by atoms with Gasteiger partial charge in [-0.15, -0.1) is 11.3 Å². The number of hydrogen-bond acceptors (Lipinski definition) is 7. The number of para-hydroxylation sites is 1. The van der Waals surface area contributed by atoms with Crippen molar-refractivity contribution >= 4 is 35.4 Å². The van der Waals surface area contributed by atoms with Gasteiger partial charge in [0.25, 0.3) is 5.56 Å². The predicted molar refractivity (Wildman–Crippen MR) is 125 cm³/mol. The number of nitrogens with zero attached hydrogens (tertiary/aromatic N) is 2. The van der Waals surface area contributed by atoms with Crippen molar-refractivity contribution in [2.75, 3.05) is 33.4 Å². The van der Waals surface area contributed by atoms with E-state index in [0.717, 1.165) is 11.3 Å². The molecule has 174 valence electrons. The first kappa shape index (κ1) is 25.2. The standard InChI is InChI=1S/C23H30N2O6S/c1-6-24(7-2)19(26)15-25-20(14-21(27)31-9-4)32-18(23(25)28)13-16-11-10-12-17(30-8-3)22(16)29-5/h10-14H,6-9,15H2,1-5H3/b18-13-,20-14-. The summed E-state index contributed by atoms with van der Waals surface area (Å²) < 4.78 is 18.1. The molecule has 0 aliphatic carbocycles. The van der Waals surface area contributed by atoms with Crippen molar-refractivity contribution in [3.05, 3.63) is 43.3 Å². The highest BCUT2D eigenvalue weighted by molar-refractivity contribution is 7.07. The summed E-state index contributed by atoms with van der Waals surface area (Å²) in [7, 11) is 1.53. The average Bonchev–Trinajstić information content (AvgIpc) is 3.04. The van der Waals surface area contributed by atoms with Crippen LogP contribution in [-0.4, -0.2) is 54.8 Å². The van der Waals surface area contributed by atoms with Crippen molar-refractivity contribution in [2.45, 2.75) is 34.2 Å². The molecular weight excluding hydrogens is 432 g/mol. The van der Waals surface area contributed by atoms with Crippen molar-refractivity contribution in [1.29, 1.82) is 0 Å². The molecule has 8 nitrogen and oxygen atoms in total. The van der Waals surface area contributed by atoms with Gasteiger partial charge in [0.05, 0.1) is 30.9 Å². The summed E-state index contributed by atoms with van der Waals surface area (Å²) >= 11 is 1.11. The van der Waals surface area contributed by atoms with E-state index < -0.39 is 5.97 Å². The van der Waals surface area contributed by atoms with Crippen LogP contribution in [0.3, 0.4) is 0 Å². The lowest BCUT2D eigenvalue weighted by molar-refractivity contribution is -0.135. The Morgan fingerprint density at radius 1 is 1.12 bits per heavy atom. The summed E-state index contributed by atoms with van der Waals surface area (Å²) in [6.45, 7) is 8.91. The van der Waals surface area contributed by atoms with Crippen LogP contribution >= 0.6 is 11.3 Å². The normalized spacial score (nSPS) is 12.0. The maximum absolute atomic E-state index is 13.2. The van der Waals surface area contributed by atoms with E-state index in [1.54, 1.807) is 36.1 Å². The maximum atomic E-state index is 13.2. The maximum Gasteiger partial charge on any atom is 0.333 e. The van der Waals surface area contributed by atoms with Gasteiger partial charge in [0.1, 0.15) is 11.2 Å². The van der Waals surface area contributed by atoms with Crippen LogP contribution in [0.15, 0.2) is 23.0 Å². The van der Waals surface area contributed by atoms with E-state index in [4.69, 9.17) is 14.2 Å². The fourth-order valence-electron chi connectivity index (χ4n) is 3.16. The van der Waals surface area contributed by atoms with E-state index in [1.807, 2.05) is 20.8 Å². The first-order chi connectivity index (χ1) is 15.4. The van der Waals surface area contributed by atoms with Crippen LogP contribution in [0.4, 0.5) is 0 Å². The highest BCUT2D eigenvalue weighted by Gasteiger charge is 2.16. The fraction of sp³-hybridized carbons (Fsp3) is 0.435. The Kier molecular flexibility index (Phi) is 9.52. The van der Waals surface area contributed by atoms with Crippen LogP contribution in [0.5, 0.6) is 11.5 Å². The highest BCUT2D eigenvalue weighted by Crippen LogP contribution is 2.31. The molecule has 0 bridgehead atoms. The third kappa shape index (κ3) is 6.00. The van der Waals surface area contributed by atoms with Crippen LogP contribution in [0.2, 0.25) is 0 Å². The van der Waals surface area contributed by atoms with Crippen LogP contribution in [-0.2, 0) is 20.9 Å². The summed E-state index contributed by atoms with van der Waals surface area (Å²) in [5.41, 5.74) is 0.289. The molecule has 1 heterocycles. The average molecular weight is 463 g/mol. The van der Waals surface area contributed by atoms with E-state index in [9.17, 15) is 14.4 Å². The second kappa shape index (κ2) is 12.1. The van der Waals surface area contributed by atoms with Gasteiger partial charge >= 0.3 is 5.97 Å². The van der Waals surface area contributed by atoms with E-state index in [1.165, 1.54) is 17.8 Å². The molecule has 0 aliphatic rings. The molecule has 9 heteroatoms. The molecule has 32 heavy (non-hydrogen) atoms. The lowest BCUT2D eigenvalue weighted by Gasteiger charge is -2.18. The van der Waals surface area contributed by atoms with E-state index in [-0.39, 0.29) is 24.6 Å². The van der Waals surface area contributed by atoms with Gasteiger partial charge in [-0.1, -0.05) is 12.1 Å². The zero-order chi connectivity index (χ0) is 23.7. The summed E-state index contributed by atoms with van der Waals surface area (Å²) in [5.74, 6) is 0.302. The number of esters is 1. The van der Waals surface area contributed by atoms with Crippen molar-refractivity contribution in [3.8, 4) is 11.5 Å². The Morgan fingerprint density at radius 3 is 2.44 bits per heavy atom. The van der Waals surface area contributed by atoms with E-state index >= 15 is 0 Å². The lowest BCUT2D eigenvalue weighted by Crippen LogP contribution is -2.40. The van der Waals surface area contributed by atoms with Gasteiger partial charge in [-0.2, -0.15) is 0 Å². The minimum atomic E-state index is -0.569. The van der Waals surface area contributed by atoms with Crippen molar-refractivity contribution in [2.24, 2.45) is 0 Å². The van der Waals surface area contributed by atoms with E-state index in [0.29, 0.717) is 46.0 Å². The number of benzene rings is 1. The number of rotatable bonds is 10. The number of amides is 1. The minimum absolute atomic E-state index is 0.161. The minimum Gasteiger partial charge on any atom is -0.492 e. The Balaban J connectivity index is 2.67. The molecule has 1 aromatic heterocycles. The zero-order valence-corrected chi connectivity index (χ0v) is 20.0. The molecule has 0 saturated carbocycles. The van der Waals surface area contributed by atoms with Crippen LogP contribution < -0.4 is 24.2 Å². The van der Waals surface area contributed by atoms with Crippen LogP contribution in [0, 0.1) is 0 Å². The Hall–Kier alpha value is -3.07. The molecule has 0 N–H and O–H groups in total. The van der Waals surface area contributed by atoms with Gasteiger partial charge in [0, 0.05) is 18.7 Å². The number of carbonyl (C=O) groups is 2. The fourth-order valence-corrected chi connectivity index (χ4v) is 4.19. The molecule has 2 rings (SSSR count). The summed E-state index contributed by atoms with van der Waals surface area (Å²) in [6.07, 6.45) is 2.92. The largest absolute Gasteiger partial charge is 0.492 e. The van der Waals surface area contributed by atoms with Gasteiger partial charge in [-0.05, 0) is 39.8 Å². The van der Waals surface area contributed by atoms with E-state index in [2.05, 4.69) is 0 Å². The molecule has 0 atom stereocenters. The molecule has 0 radical (unpaired) electrons. The first-order valence-electron chi connectivity index (χ1n) is 10.6. The van der Waals surface area contributed by atoms with Crippen molar-refractivity contribution < 1.29 is 23.8 Å². The molecule has 1 aromatic carbocycles. The molecular formula is C23H30N2O6S. The molecule has 2 aromatic rings. The van der Waals surface area contributed by atoms with Crippen molar-refractivity contribution in [3.63, 3.8) is 0 Å². The molecule has 0 aliphatic heterocycles. The molecule has 0 saturated heterocycles. The molecule has 0 spiro atoms. The first-order valence-corrected chi connectivity index (χ1v) is 11.4. The number of likely N-dealkylation sites (N-methyl/N-ethyl adjacent to an activating group) is 1. The number of thiazole rings is 1. The Labute approximate surface area is 191 Å². The topological polar surface area (TPSA) is 87.1 Å². The lowest BCUT2D eigenvalue weighted by atomic mass is 10.2. The second-order valence-corrected chi connectivity index (χ2v) is 7.68. The van der Waals surface area contributed by atoms with Gasteiger partial charge in [-0.25, -0.2) is 4.79 Å². The number of methoxy groups -OCH3 is 1. The van der Waals surface area contributed by atoms with Gasteiger partial charge in [0.2, 0.25) is 5.91 Å². The number of carbonyl (C=O) groups excluding carboxylic acids is 2. The SMILES string of the molecule is CCOC(=O)/C=c1\s/c(=C\c2cccc(OCC)c2OC)c(=O)n1CC(=O)N(CC)CC. The monoisotopic (exact) mass is 462 g/mol.